The van der Waals surface area contributed by atoms with Crippen molar-refractivity contribution in [2.75, 3.05) is 12.4 Å². The fourth-order valence-corrected chi connectivity index (χ4v) is 1.06. The quantitative estimate of drug-likeness (QED) is 0.824. The van der Waals surface area contributed by atoms with Crippen LogP contribution in [0.3, 0.4) is 0 Å². The van der Waals surface area contributed by atoms with E-state index < -0.39 is 16.9 Å². The van der Waals surface area contributed by atoms with Gasteiger partial charge in [0.15, 0.2) is 5.69 Å². The van der Waals surface area contributed by atoms with Crippen molar-refractivity contribution in [2.45, 2.75) is 6.18 Å². The third kappa shape index (κ3) is 2.92. The van der Waals surface area contributed by atoms with Crippen LogP contribution < -0.4 is 5.32 Å². The average molecular weight is 247 g/mol. The zero-order valence-electron chi connectivity index (χ0n) is 7.02. The van der Waals surface area contributed by atoms with Crippen LogP contribution in [0.4, 0.5) is 18.9 Å². The molecular weight excluding hydrogens is 240 g/mol. The maximum atomic E-state index is 12.1. The molecule has 80 valence electrons. The molecule has 7 heteroatoms. The number of hydrogen-bond acceptors (Lipinski definition) is 2. The molecule has 0 aromatic carbocycles. The molecule has 1 heterocycles. The second kappa shape index (κ2) is 4.70. The Morgan fingerprint density at radius 1 is 1.43 bits per heavy atom. The van der Waals surface area contributed by atoms with E-state index in [1.54, 1.807) is 7.05 Å². The summed E-state index contributed by atoms with van der Waals surface area (Å²) in [4.78, 5) is 3.20. The van der Waals surface area contributed by atoms with E-state index in [1.807, 2.05) is 0 Å². The Bertz CT molecular complexity index is 314. The minimum Gasteiger partial charge on any atom is -0.387 e. The first-order valence-electron chi connectivity index (χ1n) is 3.35. The van der Waals surface area contributed by atoms with E-state index in [0.717, 1.165) is 6.20 Å². The topological polar surface area (TPSA) is 24.9 Å². The molecule has 0 bridgehead atoms. The number of nitrogens with zero attached hydrogens (tertiary/aromatic N) is 1. The molecule has 14 heavy (non-hydrogen) atoms. The van der Waals surface area contributed by atoms with Crippen molar-refractivity contribution in [2.24, 2.45) is 0 Å². The number of halogens is 5. The predicted octanol–water partition coefficient (Wildman–Crippen LogP) is 3.22. The molecule has 0 fully saturated rings. The van der Waals surface area contributed by atoms with E-state index in [9.17, 15) is 13.2 Å². The van der Waals surface area contributed by atoms with Crippen LogP contribution in [0.15, 0.2) is 12.3 Å². The van der Waals surface area contributed by atoms with Gasteiger partial charge in [-0.15, -0.1) is 12.4 Å². The van der Waals surface area contributed by atoms with Gasteiger partial charge in [-0.05, 0) is 6.07 Å². The Morgan fingerprint density at radius 3 is 2.36 bits per heavy atom. The van der Waals surface area contributed by atoms with Crippen LogP contribution in [0.1, 0.15) is 5.69 Å². The fraction of sp³-hybridized carbons (Fsp3) is 0.286. The molecule has 0 amide bonds. The summed E-state index contributed by atoms with van der Waals surface area (Å²) in [5.41, 5.74) is -0.619. The van der Waals surface area contributed by atoms with Gasteiger partial charge in [0.2, 0.25) is 0 Å². The van der Waals surface area contributed by atoms with Crippen LogP contribution in [0.2, 0.25) is 5.02 Å². The zero-order valence-corrected chi connectivity index (χ0v) is 8.59. The second-order valence-electron chi connectivity index (χ2n) is 2.30. The van der Waals surface area contributed by atoms with Crippen molar-refractivity contribution >= 4 is 29.7 Å². The third-order valence-electron chi connectivity index (χ3n) is 1.40. The molecule has 0 spiro atoms. The molecule has 0 saturated carbocycles. The molecule has 1 rings (SSSR count). The Morgan fingerprint density at radius 2 is 2.00 bits per heavy atom. The van der Waals surface area contributed by atoms with E-state index in [2.05, 4.69) is 10.3 Å². The highest BCUT2D eigenvalue weighted by molar-refractivity contribution is 6.31. The van der Waals surface area contributed by atoms with Gasteiger partial charge < -0.3 is 5.32 Å². The summed E-state index contributed by atoms with van der Waals surface area (Å²) in [6, 6.07) is 1.18. The first-order valence-corrected chi connectivity index (χ1v) is 3.73. The lowest BCUT2D eigenvalue weighted by Gasteiger charge is -2.08. The predicted molar refractivity (Wildman–Crippen MR) is 51.0 cm³/mol. The van der Waals surface area contributed by atoms with Gasteiger partial charge in [-0.1, -0.05) is 11.6 Å². The number of anilines is 1. The first-order chi connectivity index (χ1) is 5.95. The van der Waals surface area contributed by atoms with Crippen molar-refractivity contribution in [3.63, 3.8) is 0 Å². The third-order valence-corrected chi connectivity index (χ3v) is 1.69. The highest BCUT2D eigenvalue weighted by atomic mass is 35.5. The molecule has 0 aliphatic rings. The summed E-state index contributed by atoms with van der Waals surface area (Å²) in [6.45, 7) is 0. The summed E-state index contributed by atoms with van der Waals surface area (Å²) in [5.74, 6) is 0. The molecule has 1 aromatic heterocycles. The van der Waals surface area contributed by atoms with Gasteiger partial charge in [0, 0.05) is 7.05 Å². The summed E-state index contributed by atoms with van der Waals surface area (Å²) < 4.78 is 36.4. The lowest BCUT2D eigenvalue weighted by Crippen LogP contribution is -2.09. The molecule has 0 saturated heterocycles. The molecule has 0 radical (unpaired) electrons. The largest absolute Gasteiger partial charge is 0.434 e. The summed E-state index contributed by atoms with van der Waals surface area (Å²) >= 11 is 5.37. The Kier molecular flexibility index (Phi) is 4.48. The monoisotopic (exact) mass is 246 g/mol. The molecule has 1 aromatic rings. The number of nitrogens with one attached hydrogen (secondary N) is 1. The SMILES string of the molecule is CNc1cnc(C(F)(F)F)c(Cl)c1.Cl. The molecule has 1 N–H and O–H groups in total. The second-order valence-corrected chi connectivity index (χ2v) is 2.71. The van der Waals surface area contributed by atoms with Gasteiger partial charge in [-0.25, -0.2) is 4.98 Å². The minimum absolute atomic E-state index is 0. The lowest BCUT2D eigenvalue weighted by atomic mass is 10.3. The molecular formula is C7H7Cl2F3N2. The van der Waals surface area contributed by atoms with Gasteiger partial charge in [-0.3, -0.25) is 0 Å². The van der Waals surface area contributed by atoms with Crippen molar-refractivity contribution in [1.29, 1.82) is 0 Å². The first kappa shape index (κ1) is 13.3. The van der Waals surface area contributed by atoms with Gasteiger partial charge in [0.05, 0.1) is 16.9 Å². The summed E-state index contributed by atoms with van der Waals surface area (Å²) in [5, 5.41) is 2.23. The van der Waals surface area contributed by atoms with Crippen LogP contribution in [0, 0.1) is 0 Å². The van der Waals surface area contributed by atoms with Gasteiger partial charge >= 0.3 is 6.18 Å². The van der Waals surface area contributed by atoms with Gasteiger partial charge in [-0.2, -0.15) is 13.2 Å². The van der Waals surface area contributed by atoms with E-state index in [0.29, 0.717) is 5.69 Å². The van der Waals surface area contributed by atoms with E-state index in [4.69, 9.17) is 11.6 Å². The number of aromatic nitrogens is 1. The van der Waals surface area contributed by atoms with Gasteiger partial charge in [0.1, 0.15) is 0 Å². The van der Waals surface area contributed by atoms with Crippen molar-refractivity contribution in [3.8, 4) is 0 Å². The van der Waals surface area contributed by atoms with E-state index >= 15 is 0 Å². The van der Waals surface area contributed by atoms with Crippen molar-refractivity contribution in [1.82, 2.24) is 4.98 Å². The molecule has 2 nitrogen and oxygen atoms in total. The van der Waals surface area contributed by atoms with Gasteiger partial charge in [0.25, 0.3) is 0 Å². The average Bonchev–Trinajstić information content (AvgIpc) is 2.01. The minimum atomic E-state index is -4.50. The van der Waals surface area contributed by atoms with Crippen LogP contribution in [-0.2, 0) is 6.18 Å². The highest BCUT2D eigenvalue weighted by Gasteiger charge is 2.35. The number of pyridine rings is 1. The van der Waals surface area contributed by atoms with E-state index in [1.165, 1.54) is 6.07 Å². The Hall–Kier alpha value is -0.680. The molecule has 0 aliphatic heterocycles. The maximum Gasteiger partial charge on any atom is 0.434 e. The van der Waals surface area contributed by atoms with Crippen LogP contribution in [0.5, 0.6) is 0 Å². The number of rotatable bonds is 1. The van der Waals surface area contributed by atoms with Crippen LogP contribution in [-0.4, -0.2) is 12.0 Å². The van der Waals surface area contributed by atoms with Crippen molar-refractivity contribution < 1.29 is 13.2 Å². The lowest BCUT2D eigenvalue weighted by molar-refractivity contribution is -0.141. The number of hydrogen-bond donors (Lipinski definition) is 1. The zero-order chi connectivity index (χ0) is 10.1. The summed E-state index contributed by atoms with van der Waals surface area (Å²) in [6.07, 6.45) is -3.42. The fourth-order valence-electron chi connectivity index (χ4n) is 0.783. The molecule has 0 unspecified atom stereocenters. The normalized spacial score (nSPS) is 10.6. The van der Waals surface area contributed by atoms with E-state index in [-0.39, 0.29) is 12.4 Å². The van der Waals surface area contributed by atoms with Crippen LogP contribution in [0.25, 0.3) is 0 Å². The van der Waals surface area contributed by atoms with Crippen LogP contribution >= 0.6 is 24.0 Å². The Balaban J connectivity index is 0.00000169. The molecule has 0 atom stereocenters. The Labute approximate surface area is 89.9 Å². The number of alkyl halides is 3. The standard InChI is InChI=1S/C7H6ClF3N2.ClH/c1-12-4-2-5(8)6(13-3-4)7(9,10)11;/h2-3,12H,1H3;1H. The summed E-state index contributed by atoms with van der Waals surface area (Å²) in [7, 11) is 1.57. The molecule has 0 aliphatic carbocycles. The van der Waals surface area contributed by atoms with Crippen molar-refractivity contribution in [3.05, 3.63) is 23.0 Å². The maximum absolute atomic E-state index is 12.1. The smallest absolute Gasteiger partial charge is 0.387 e. The highest BCUT2D eigenvalue weighted by Crippen LogP contribution is 2.33.